The molecule has 0 spiro atoms. The van der Waals surface area contributed by atoms with Crippen molar-refractivity contribution in [3.05, 3.63) is 76.5 Å². The maximum atomic E-state index is 13.0. The Bertz CT molecular complexity index is 1400. The Morgan fingerprint density at radius 2 is 1.77 bits per heavy atom. The van der Waals surface area contributed by atoms with Crippen LogP contribution < -0.4 is 5.56 Å². The molecule has 2 aromatic heterocycles. The van der Waals surface area contributed by atoms with Gasteiger partial charge in [0, 0.05) is 25.1 Å². The number of carbonyl (C=O) groups is 2. The van der Waals surface area contributed by atoms with Crippen molar-refractivity contribution in [2.45, 2.75) is 33.0 Å². The molecule has 3 heterocycles. The van der Waals surface area contributed by atoms with Gasteiger partial charge in [-0.15, -0.1) is 0 Å². The lowest BCUT2D eigenvalue weighted by molar-refractivity contribution is -0.137. The Morgan fingerprint density at radius 3 is 2.53 bits per heavy atom. The lowest BCUT2D eigenvalue weighted by atomic mass is 10.1. The molecular weight excluding hydrogens is 380 g/mol. The van der Waals surface area contributed by atoms with Gasteiger partial charge in [0.15, 0.2) is 0 Å². The minimum atomic E-state index is -0.372. The summed E-state index contributed by atoms with van der Waals surface area (Å²) in [4.78, 5) is 44.4. The molecule has 0 radical (unpaired) electrons. The molecule has 4 aromatic rings. The van der Waals surface area contributed by atoms with Crippen LogP contribution in [0.3, 0.4) is 0 Å². The number of rotatable bonds is 2. The van der Waals surface area contributed by atoms with Crippen LogP contribution in [0.15, 0.2) is 59.5 Å². The number of hydrogen-bond acceptors (Lipinski definition) is 4. The first kappa shape index (κ1) is 18.3. The van der Waals surface area contributed by atoms with Gasteiger partial charge in [0.05, 0.1) is 22.5 Å². The third-order valence-corrected chi connectivity index (χ3v) is 5.82. The summed E-state index contributed by atoms with van der Waals surface area (Å²) in [5.41, 5.74) is 2.14. The van der Waals surface area contributed by atoms with E-state index in [0.717, 1.165) is 16.5 Å². The van der Waals surface area contributed by atoms with Gasteiger partial charge in [-0.25, -0.2) is 4.98 Å². The van der Waals surface area contributed by atoms with Crippen molar-refractivity contribution in [1.29, 1.82) is 0 Å². The average molecular weight is 400 g/mol. The number of amides is 1. The third-order valence-electron chi connectivity index (χ3n) is 5.82. The van der Waals surface area contributed by atoms with E-state index in [4.69, 9.17) is 0 Å². The molecule has 0 aliphatic carbocycles. The highest BCUT2D eigenvalue weighted by molar-refractivity contribution is 5.94. The van der Waals surface area contributed by atoms with Gasteiger partial charge in [-0.3, -0.25) is 23.5 Å². The topological polar surface area (TPSA) is 77.2 Å². The maximum absolute atomic E-state index is 13.0. The highest BCUT2D eigenvalue weighted by Crippen LogP contribution is 2.29. The molecule has 0 saturated carbocycles. The van der Waals surface area contributed by atoms with Crippen molar-refractivity contribution >= 4 is 33.6 Å². The Morgan fingerprint density at radius 1 is 1.07 bits per heavy atom. The molecule has 0 bridgehead atoms. The van der Waals surface area contributed by atoms with Crippen LogP contribution in [-0.2, 0) is 17.9 Å². The normalized spacial score (nSPS) is 16.3. The van der Waals surface area contributed by atoms with Crippen LogP contribution in [0.2, 0.25) is 0 Å². The van der Waals surface area contributed by atoms with Crippen LogP contribution in [0, 0.1) is 0 Å². The summed E-state index contributed by atoms with van der Waals surface area (Å²) in [6.07, 6.45) is 1.79. The molecule has 1 atom stereocenters. The van der Waals surface area contributed by atoms with E-state index in [1.54, 1.807) is 27.8 Å². The van der Waals surface area contributed by atoms with Gasteiger partial charge in [-0.05, 0) is 30.7 Å². The van der Waals surface area contributed by atoms with E-state index in [-0.39, 0.29) is 30.0 Å². The predicted octanol–water partition coefficient (Wildman–Crippen LogP) is 3.11. The van der Waals surface area contributed by atoms with Crippen molar-refractivity contribution < 1.29 is 9.59 Å². The largest absolute Gasteiger partial charge is 0.327 e. The monoisotopic (exact) mass is 400 g/mol. The summed E-state index contributed by atoms with van der Waals surface area (Å²) in [6.45, 7) is 3.70. The predicted molar refractivity (Wildman–Crippen MR) is 113 cm³/mol. The number of para-hydroxylation sites is 2. The Labute approximate surface area is 172 Å². The molecule has 2 aromatic carbocycles. The van der Waals surface area contributed by atoms with Crippen LogP contribution in [0.1, 0.15) is 36.1 Å². The molecule has 0 N–H and O–H groups in total. The number of fused-ring (bicyclic) bond motifs is 3. The quantitative estimate of drug-likeness (QED) is 0.518. The minimum absolute atomic E-state index is 0.0400. The Balaban J connectivity index is 1.60. The summed E-state index contributed by atoms with van der Waals surface area (Å²) in [5, 5.41) is 1.45. The summed E-state index contributed by atoms with van der Waals surface area (Å²) in [6, 6.07) is 14.5. The van der Waals surface area contributed by atoms with E-state index in [1.165, 1.54) is 11.5 Å². The molecule has 5 rings (SSSR count). The first-order valence-corrected chi connectivity index (χ1v) is 9.84. The first-order chi connectivity index (χ1) is 14.5. The van der Waals surface area contributed by atoms with Crippen LogP contribution >= 0.6 is 0 Å². The minimum Gasteiger partial charge on any atom is -0.327 e. The van der Waals surface area contributed by atoms with Gasteiger partial charge in [0.25, 0.3) is 5.56 Å². The van der Waals surface area contributed by atoms with Gasteiger partial charge in [0.2, 0.25) is 11.8 Å². The molecule has 150 valence electrons. The van der Waals surface area contributed by atoms with Crippen molar-refractivity contribution in [3.8, 4) is 0 Å². The molecule has 1 amide bonds. The van der Waals surface area contributed by atoms with Gasteiger partial charge in [0.1, 0.15) is 12.4 Å². The van der Waals surface area contributed by atoms with E-state index >= 15 is 0 Å². The fraction of sp³-hybridized carbons (Fsp3) is 0.217. The molecule has 0 fully saturated rings. The highest BCUT2D eigenvalue weighted by Gasteiger charge is 2.32. The maximum Gasteiger partial charge on any atom is 0.261 e. The summed E-state index contributed by atoms with van der Waals surface area (Å²) >= 11 is 0. The first-order valence-electron chi connectivity index (χ1n) is 9.84. The van der Waals surface area contributed by atoms with Crippen LogP contribution in [-0.4, -0.2) is 30.8 Å². The molecule has 0 saturated heterocycles. The summed E-state index contributed by atoms with van der Waals surface area (Å²) in [7, 11) is 0. The van der Waals surface area contributed by atoms with Crippen molar-refractivity contribution in [3.63, 3.8) is 0 Å². The number of carbonyl (C=O) groups excluding carboxylic acids is 2. The van der Waals surface area contributed by atoms with Crippen LogP contribution in [0.5, 0.6) is 0 Å². The summed E-state index contributed by atoms with van der Waals surface area (Å²) < 4.78 is 3.08. The lowest BCUT2D eigenvalue weighted by Gasteiger charge is -2.35. The second kappa shape index (κ2) is 6.66. The average Bonchev–Trinajstić information content (AvgIpc) is 3.11. The molecule has 7 heteroatoms. The third kappa shape index (κ3) is 2.66. The van der Waals surface area contributed by atoms with E-state index in [2.05, 4.69) is 4.98 Å². The van der Waals surface area contributed by atoms with E-state index < -0.39 is 0 Å². The molecule has 7 nitrogen and oxygen atoms in total. The second-order valence-corrected chi connectivity index (χ2v) is 7.64. The van der Waals surface area contributed by atoms with Gasteiger partial charge in [-0.2, -0.15) is 0 Å². The molecule has 1 aliphatic rings. The van der Waals surface area contributed by atoms with E-state index in [0.29, 0.717) is 23.3 Å². The standard InChI is InChI=1S/C23H20N4O3/c1-14-22-24-19-9-5-3-8-18(19)23(30)27(22)13-21(29)25(14)11-16-12-26(15(2)28)20-10-6-4-7-17(16)20/h3-10,12,14H,11,13H2,1-2H3. The van der Waals surface area contributed by atoms with Gasteiger partial charge in [-0.1, -0.05) is 30.3 Å². The highest BCUT2D eigenvalue weighted by atomic mass is 16.2. The fourth-order valence-electron chi connectivity index (χ4n) is 4.28. The Kier molecular flexibility index (Phi) is 4.06. The number of benzene rings is 2. The van der Waals surface area contributed by atoms with Crippen molar-refractivity contribution in [2.75, 3.05) is 0 Å². The molecule has 1 aliphatic heterocycles. The molecule has 30 heavy (non-hydrogen) atoms. The number of nitrogens with zero attached hydrogens (tertiary/aromatic N) is 4. The van der Waals surface area contributed by atoms with Crippen LogP contribution in [0.4, 0.5) is 0 Å². The zero-order chi connectivity index (χ0) is 21.0. The summed E-state index contributed by atoms with van der Waals surface area (Å²) in [5.74, 6) is 0.350. The fourth-order valence-corrected chi connectivity index (χ4v) is 4.28. The van der Waals surface area contributed by atoms with Crippen molar-refractivity contribution in [1.82, 2.24) is 19.0 Å². The second-order valence-electron chi connectivity index (χ2n) is 7.64. The van der Waals surface area contributed by atoms with Crippen LogP contribution in [0.25, 0.3) is 21.8 Å². The van der Waals surface area contributed by atoms with E-state index in [9.17, 15) is 14.4 Å². The molecular formula is C23H20N4O3. The van der Waals surface area contributed by atoms with Crippen molar-refractivity contribution in [2.24, 2.45) is 0 Å². The van der Waals surface area contributed by atoms with E-state index in [1.807, 2.05) is 43.3 Å². The molecule has 1 unspecified atom stereocenters. The Hall–Kier alpha value is -3.74. The smallest absolute Gasteiger partial charge is 0.261 e. The lowest BCUT2D eigenvalue weighted by Crippen LogP contribution is -2.45. The van der Waals surface area contributed by atoms with Gasteiger partial charge >= 0.3 is 0 Å². The SMILES string of the molecule is CC(=O)n1cc(CN2C(=O)Cn3c(nc4ccccc4c3=O)C2C)c2ccccc21. The zero-order valence-corrected chi connectivity index (χ0v) is 16.7. The number of hydrogen-bond donors (Lipinski definition) is 0. The number of aromatic nitrogens is 3. The zero-order valence-electron chi connectivity index (χ0n) is 16.7. The van der Waals surface area contributed by atoms with Gasteiger partial charge < -0.3 is 4.90 Å².